The molecule has 2 heterocycles. The normalized spacial score (nSPS) is 21.9. The number of aromatic amines is 1. The average molecular weight is 362 g/mol. The maximum atomic E-state index is 12.9. The molecule has 0 spiro atoms. The summed E-state index contributed by atoms with van der Waals surface area (Å²) in [4.78, 5) is 16.1. The zero-order valence-electron chi connectivity index (χ0n) is 14.8. The fourth-order valence-electron chi connectivity index (χ4n) is 3.59. The van der Waals surface area contributed by atoms with Crippen LogP contribution in [0.5, 0.6) is 0 Å². The quantitative estimate of drug-likeness (QED) is 0.766. The molecule has 5 heteroatoms. The third-order valence-corrected chi connectivity index (χ3v) is 4.98. The molecule has 5 nitrogen and oxygen atoms in total. The van der Waals surface area contributed by atoms with Crippen molar-refractivity contribution in [2.24, 2.45) is 5.92 Å². The Balaban J connectivity index is 1.47. The Kier molecular flexibility index (Phi) is 4.94. The number of carbonyl (C=O) groups excluding carboxylic acids is 1. The number of nitrogens with one attached hydrogen (secondary N) is 2. The van der Waals surface area contributed by atoms with E-state index in [9.17, 15) is 9.90 Å². The number of rotatable bonds is 5. The highest BCUT2D eigenvalue weighted by Gasteiger charge is 2.32. The molecule has 1 aromatic heterocycles. The van der Waals surface area contributed by atoms with Crippen LogP contribution in [0.1, 0.15) is 5.56 Å². The molecule has 2 aliphatic rings. The first kappa shape index (κ1) is 17.4. The lowest BCUT2D eigenvalue weighted by Gasteiger charge is -2.28. The van der Waals surface area contributed by atoms with Crippen molar-refractivity contribution in [1.82, 2.24) is 10.3 Å². The van der Waals surface area contributed by atoms with Gasteiger partial charge in [-0.2, -0.15) is 0 Å². The molecule has 1 amide bonds. The van der Waals surface area contributed by atoms with Crippen LogP contribution in [0.3, 0.4) is 0 Å². The van der Waals surface area contributed by atoms with Gasteiger partial charge >= 0.3 is 0 Å². The van der Waals surface area contributed by atoms with Crippen molar-refractivity contribution in [2.45, 2.75) is 18.6 Å². The van der Waals surface area contributed by atoms with Gasteiger partial charge in [0.1, 0.15) is 6.10 Å². The lowest BCUT2D eigenvalue weighted by Crippen LogP contribution is -2.45. The zero-order chi connectivity index (χ0) is 18.6. The van der Waals surface area contributed by atoms with Crippen molar-refractivity contribution in [3.63, 3.8) is 0 Å². The van der Waals surface area contributed by atoms with E-state index < -0.39 is 5.92 Å². The number of allylic oxidation sites excluding steroid dienone is 4. The van der Waals surface area contributed by atoms with Crippen LogP contribution in [0.2, 0.25) is 0 Å². The molecule has 27 heavy (non-hydrogen) atoms. The number of carbonyl (C=O) groups is 1. The second kappa shape index (κ2) is 7.68. The Hall–Kier alpha value is -3.05. The van der Waals surface area contributed by atoms with Crippen LogP contribution in [-0.2, 0) is 16.0 Å². The minimum Gasteiger partial charge on any atom is -0.492 e. The Labute approximate surface area is 157 Å². The van der Waals surface area contributed by atoms with Gasteiger partial charge in [0.05, 0.1) is 24.8 Å². The molecule has 0 saturated carbocycles. The minimum atomic E-state index is -0.436. The van der Waals surface area contributed by atoms with Crippen LogP contribution in [0.15, 0.2) is 78.8 Å². The van der Waals surface area contributed by atoms with E-state index in [-0.39, 0.29) is 24.7 Å². The predicted octanol–water partition coefficient (Wildman–Crippen LogP) is 2.77. The maximum absolute atomic E-state index is 12.9. The summed E-state index contributed by atoms with van der Waals surface area (Å²) in [6.07, 6.45) is 15.1. The van der Waals surface area contributed by atoms with E-state index >= 15 is 0 Å². The number of ether oxygens (including phenoxy) is 1. The molecule has 4 rings (SSSR count). The van der Waals surface area contributed by atoms with Crippen molar-refractivity contribution in [3.8, 4) is 0 Å². The second-order valence-corrected chi connectivity index (χ2v) is 6.77. The number of benzene rings is 1. The highest BCUT2D eigenvalue weighted by molar-refractivity contribution is 5.84. The van der Waals surface area contributed by atoms with E-state index in [1.807, 2.05) is 66.9 Å². The van der Waals surface area contributed by atoms with Crippen LogP contribution in [0.4, 0.5) is 0 Å². The maximum Gasteiger partial charge on any atom is 0.231 e. The first-order chi connectivity index (χ1) is 13.3. The summed E-state index contributed by atoms with van der Waals surface area (Å²) >= 11 is 0. The highest BCUT2D eigenvalue weighted by Crippen LogP contribution is 2.26. The molecule has 1 aromatic carbocycles. The summed E-state index contributed by atoms with van der Waals surface area (Å²) in [5, 5.41) is 13.9. The number of fused-ring (bicyclic) bond motifs is 2. The van der Waals surface area contributed by atoms with Crippen molar-refractivity contribution >= 4 is 16.8 Å². The first-order valence-corrected chi connectivity index (χ1v) is 9.09. The molecule has 0 radical (unpaired) electrons. The third kappa shape index (κ3) is 3.59. The summed E-state index contributed by atoms with van der Waals surface area (Å²) < 4.78 is 5.73. The summed E-state index contributed by atoms with van der Waals surface area (Å²) in [7, 11) is 0. The lowest BCUT2D eigenvalue weighted by atomic mass is 9.89. The number of aliphatic hydroxyl groups excluding tert-OH is 1. The molecular weight excluding hydrogens is 340 g/mol. The van der Waals surface area contributed by atoms with Gasteiger partial charge in [0.25, 0.3) is 0 Å². The molecule has 0 fully saturated rings. The molecular formula is C22H22N2O3. The van der Waals surface area contributed by atoms with Gasteiger partial charge in [-0.05, 0) is 29.7 Å². The molecule has 3 atom stereocenters. The Morgan fingerprint density at radius 2 is 2.15 bits per heavy atom. The molecule has 1 aliphatic heterocycles. The minimum absolute atomic E-state index is 0.129. The van der Waals surface area contributed by atoms with Gasteiger partial charge in [0.15, 0.2) is 0 Å². The fourth-order valence-corrected chi connectivity index (χ4v) is 3.59. The number of hydrogen-bond donors (Lipinski definition) is 3. The number of H-pyrrole nitrogens is 1. The highest BCUT2D eigenvalue weighted by atomic mass is 16.5. The van der Waals surface area contributed by atoms with E-state index in [0.29, 0.717) is 6.42 Å². The largest absolute Gasteiger partial charge is 0.492 e. The SMILES string of the molecule is O=C(N[C@@H](CO)Cc1c[nH]c2ccccc12)C1C=CC=C2C=CC=COC21. The van der Waals surface area contributed by atoms with Crippen molar-refractivity contribution < 1.29 is 14.6 Å². The van der Waals surface area contributed by atoms with Gasteiger partial charge in [-0.1, -0.05) is 48.6 Å². The van der Waals surface area contributed by atoms with Crippen LogP contribution in [0, 0.1) is 5.92 Å². The standard InChI is InChI=1S/C22H22N2O3/c25-14-17(12-16-13-23-20-10-2-1-8-18(16)20)24-22(26)19-9-5-7-15-6-3-4-11-27-21(15)19/h1-11,13,17,19,21,23,25H,12,14H2,(H,24,26)/t17-,19?,21?/m1/s1. The van der Waals surface area contributed by atoms with Crippen LogP contribution in [0.25, 0.3) is 10.9 Å². The molecule has 2 unspecified atom stereocenters. The number of para-hydroxylation sites is 1. The average Bonchev–Trinajstić information content (AvgIpc) is 2.94. The van der Waals surface area contributed by atoms with Crippen LogP contribution >= 0.6 is 0 Å². The number of amides is 1. The van der Waals surface area contributed by atoms with Gasteiger partial charge in [-0.3, -0.25) is 4.79 Å². The monoisotopic (exact) mass is 362 g/mol. The van der Waals surface area contributed by atoms with Crippen molar-refractivity contribution in [3.05, 3.63) is 84.3 Å². The van der Waals surface area contributed by atoms with E-state index in [4.69, 9.17) is 4.74 Å². The predicted molar refractivity (Wildman–Crippen MR) is 105 cm³/mol. The summed E-state index contributed by atoms with van der Waals surface area (Å²) in [5.74, 6) is -0.584. The Bertz CT molecular complexity index is 951. The zero-order valence-corrected chi connectivity index (χ0v) is 14.8. The summed E-state index contributed by atoms with van der Waals surface area (Å²) in [6.45, 7) is -0.129. The third-order valence-electron chi connectivity index (χ3n) is 4.98. The molecule has 1 aliphatic carbocycles. The smallest absolute Gasteiger partial charge is 0.231 e. The van der Waals surface area contributed by atoms with E-state index in [2.05, 4.69) is 10.3 Å². The fraction of sp³-hybridized carbons (Fsp3) is 0.227. The second-order valence-electron chi connectivity index (χ2n) is 6.77. The van der Waals surface area contributed by atoms with Crippen LogP contribution < -0.4 is 5.32 Å². The first-order valence-electron chi connectivity index (χ1n) is 9.09. The lowest BCUT2D eigenvalue weighted by molar-refractivity contribution is -0.127. The molecule has 2 aromatic rings. The summed E-state index contributed by atoms with van der Waals surface area (Å²) in [6, 6.07) is 7.64. The van der Waals surface area contributed by atoms with E-state index in [1.165, 1.54) is 0 Å². The van der Waals surface area contributed by atoms with E-state index in [1.54, 1.807) is 6.26 Å². The number of hydrogen-bond acceptors (Lipinski definition) is 3. The topological polar surface area (TPSA) is 74.4 Å². The molecule has 0 saturated heterocycles. The van der Waals surface area contributed by atoms with Crippen molar-refractivity contribution in [1.29, 1.82) is 0 Å². The molecule has 3 N–H and O–H groups in total. The number of aliphatic hydroxyl groups is 1. The number of aromatic nitrogens is 1. The van der Waals surface area contributed by atoms with Crippen LogP contribution in [-0.4, -0.2) is 34.8 Å². The molecule has 138 valence electrons. The van der Waals surface area contributed by atoms with E-state index in [0.717, 1.165) is 22.0 Å². The van der Waals surface area contributed by atoms with Crippen molar-refractivity contribution in [2.75, 3.05) is 6.61 Å². The van der Waals surface area contributed by atoms with Gasteiger partial charge in [-0.25, -0.2) is 0 Å². The molecule has 0 bridgehead atoms. The van der Waals surface area contributed by atoms with Gasteiger partial charge in [0, 0.05) is 17.1 Å². The van der Waals surface area contributed by atoms with Gasteiger partial charge in [0.2, 0.25) is 5.91 Å². The van der Waals surface area contributed by atoms with Gasteiger partial charge < -0.3 is 20.1 Å². The summed E-state index contributed by atoms with van der Waals surface area (Å²) in [5.41, 5.74) is 3.08. The Morgan fingerprint density at radius 3 is 3.04 bits per heavy atom. The Morgan fingerprint density at radius 1 is 1.26 bits per heavy atom. The van der Waals surface area contributed by atoms with Gasteiger partial charge in [-0.15, -0.1) is 0 Å².